The molecule has 0 bridgehead atoms. The molecular weight excluding hydrogens is 214 g/mol. The molecule has 3 heteroatoms. The van der Waals surface area contributed by atoms with Crippen LogP contribution in [-0.4, -0.2) is 13.1 Å². The summed E-state index contributed by atoms with van der Waals surface area (Å²) in [6.45, 7) is 2.25. The van der Waals surface area contributed by atoms with Crippen LogP contribution in [0.3, 0.4) is 0 Å². The van der Waals surface area contributed by atoms with E-state index in [1.165, 1.54) is 23.3 Å². The van der Waals surface area contributed by atoms with E-state index in [2.05, 4.69) is 11.4 Å². The third-order valence-electron chi connectivity index (χ3n) is 2.45. The van der Waals surface area contributed by atoms with Gasteiger partial charge in [0, 0.05) is 4.88 Å². The molecule has 1 aromatic heterocycles. The Balaban J connectivity index is 2.12. The molecule has 14 heavy (non-hydrogen) atoms. The SMILES string of the molecule is Clc1ccsc1/C=C1/CCCNCC1. The van der Waals surface area contributed by atoms with Crippen molar-refractivity contribution in [2.45, 2.75) is 19.3 Å². The third kappa shape index (κ3) is 2.59. The fourth-order valence-corrected chi connectivity index (χ4v) is 2.77. The van der Waals surface area contributed by atoms with Gasteiger partial charge in [0.1, 0.15) is 0 Å². The summed E-state index contributed by atoms with van der Waals surface area (Å²) in [5, 5.41) is 6.33. The van der Waals surface area contributed by atoms with Gasteiger partial charge in [0.15, 0.2) is 0 Å². The van der Waals surface area contributed by atoms with Crippen molar-refractivity contribution < 1.29 is 0 Å². The highest BCUT2D eigenvalue weighted by molar-refractivity contribution is 7.11. The average molecular weight is 228 g/mol. The normalized spacial score (nSPS) is 21.1. The van der Waals surface area contributed by atoms with Gasteiger partial charge in [-0.1, -0.05) is 17.2 Å². The molecule has 76 valence electrons. The van der Waals surface area contributed by atoms with Gasteiger partial charge in [0.05, 0.1) is 5.02 Å². The van der Waals surface area contributed by atoms with E-state index >= 15 is 0 Å². The third-order valence-corrected chi connectivity index (χ3v) is 3.76. The number of nitrogens with one attached hydrogen (secondary N) is 1. The van der Waals surface area contributed by atoms with Gasteiger partial charge in [-0.3, -0.25) is 0 Å². The van der Waals surface area contributed by atoms with Crippen LogP contribution in [0.2, 0.25) is 5.02 Å². The van der Waals surface area contributed by atoms with Gasteiger partial charge in [-0.25, -0.2) is 0 Å². The van der Waals surface area contributed by atoms with Crippen LogP contribution in [0.5, 0.6) is 0 Å². The Morgan fingerprint density at radius 2 is 2.29 bits per heavy atom. The van der Waals surface area contributed by atoms with Crippen molar-refractivity contribution >= 4 is 29.0 Å². The summed E-state index contributed by atoms with van der Waals surface area (Å²) in [7, 11) is 0. The lowest BCUT2D eigenvalue weighted by atomic mass is 10.1. The van der Waals surface area contributed by atoms with Crippen LogP contribution < -0.4 is 5.32 Å². The first kappa shape index (κ1) is 10.2. The molecule has 0 saturated carbocycles. The smallest absolute Gasteiger partial charge is 0.0586 e. The van der Waals surface area contributed by atoms with Crippen molar-refractivity contribution in [2.24, 2.45) is 0 Å². The standard InChI is InChI=1S/C11H14ClNS/c12-10-4-7-14-11(10)8-9-2-1-5-13-6-3-9/h4,7-8,13H,1-3,5-6H2/b9-8-. The minimum Gasteiger partial charge on any atom is -0.316 e. The molecule has 0 amide bonds. The highest BCUT2D eigenvalue weighted by Crippen LogP contribution is 2.26. The molecule has 0 aromatic carbocycles. The fourth-order valence-electron chi connectivity index (χ4n) is 1.68. The van der Waals surface area contributed by atoms with E-state index in [9.17, 15) is 0 Å². The summed E-state index contributed by atoms with van der Waals surface area (Å²) in [6, 6.07) is 1.97. The molecule has 1 saturated heterocycles. The number of hydrogen-bond donors (Lipinski definition) is 1. The lowest BCUT2D eigenvalue weighted by Crippen LogP contribution is -2.13. The average Bonchev–Trinajstić information content (AvgIpc) is 2.44. The summed E-state index contributed by atoms with van der Waals surface area (Å²) in [5.74, 6) is 0. The van der Waals surface area contributed by atoms with Crippen LogP contribution in [0.4, 0.5) is 0 Å². The summed E-state index contributed by atoms with van der Waals surface area (Å²) >= 11 is 7.77. The number of rotatable bonds is 1. The molecule has 1 N–H and O–H groups in total. The molecule has 1 aliphatic rings. The first-order valence-electron chi connectivity index (χ1n) is 4.99. The van der Waals surface area contributed by atoms with Crippen LogP contribution in [0.25, 0.3) is 6.08 Å². The van der Waals surface area contributed by atoms with Crippen molar-refractivity contribution in [3.63, 3.8) is 0 Å². The summed E-state index contributed by atoms with van der Waals surface area (Å²) in [6.07, 6.45) is 5.88. The van der Waals surface area contributed by atoms with Crippen LogP contribution in [0, 0.1) is 0 Å². The lowest BCUT2D eigenvalue weighted by molar-refractivity contribution is 0.703. The molecule has 2 heterocycles. The van der Waals surface area contributed by atoms with E-state index in [-0.39, 0.29) is 0 Å². The molecule has 0 spiro atoms. The van der Waals surface area contributed by atoms with Crippen LogP contribution in [-0.2, 0) is 0 Å². The van der Waals surface area contributed by atoms with E-state index in [4.69, 9.17) is 11.6 Å². The summed E-state index contributed by atoms with van der Waals surface area (Å²) in [5.41, 5.74) is 1.53. The molecular formula is C11H14ClNS. The summed E-state index contributed by atoms with van der Waals surface area (Å²) in [4.78, 5) is 1.21. The summed E-state index contributed by atoms with van der Waals surface area (Å²) < 4.78 is 0. The highest BCUT2D eigenvalue weighted by Gasteiger charge is 2.05. The number of thiophene rings is 1. The van der Waals surface area contributed by atoms with Crippen molar-refractivity contribution in [3.8, 4) is 0 Å². The Kier molecular flexibility index (Phi) is 3.62. The van der Waals surface area contributed by atoms with E-state index in [1.54, 1.807) is 11.3 Å². The quantitative estimate of drug-likeness (QED) is 0.774. The van der Waals surface area contributed by atoms with E-state index in [0.29, 0.717) is 0 Å². The number of hydrogen-bond acceptors (Lipinski definition) is 2. The minimum absolute atomic E-state index is 0.889. The largest absolute Gasteiger partial charge is 0.316 e. The van der Waals surface area contributed by atoms with Gasteiger partial charge in [0.25, 0.3) is 0 Å². The zero-order chi connectivity index (χ0) is 9.80. The maximum absolute atomic E-state index is 6.05. The minimum atomic E-state index is 0.889. The maximum atomic E-state index is 6.05. The van der Waals surface area contributed by atoms with Crippen molar-refractivity contribution in [1.29, 1.82) is 0 Å². The van der Waals surface area contributed by atoms with Gasteiger partial charge in [-0.05, 0) is 49.9 Å². The molecule has 1 aromatic rings. The van der Waals surface area contributed by atoms with Crippen LogP contribution in [0.15, 0.2) is 17.0 Å². The predicted molar refractivity (Wildman–Crippen MR) is 64.0 cm³/mol. The predicted octanol–water partition coefficient (Wildman–Crippen LogP) is 3.56. The molecule has 1 aliphatic heterocycles. The van der Waals surface area contributed by atoms with Gasteiger partial charge >= 0.3 is 0 Å². The van der Waals surface area contributed by atoms with Gasteiger partial charge in [0.2, 0.25) is 0 Å². The van der Waals surface area contributed by atoms with Crippen molar-refractivity contribution in [3.05, 3.63) is 26.9 Å². The topological polar surface area (TPSA) is 12.0 Å². The first-order valence-corrected chi connectivity index (χ1v) is 6.25. The molecule has 0 atom stereocenters. The fraction of sp³-hybridized carbons (Fsp3) is 0.455. The highest BCUT2D eigenvalue weighted by atomic mass is 35.5. The van der Waals surface area contributed by atoms with E-state index in [1.807, 2.05) is 11.4 Å². The molecule has 2 rings (SSSR count). The Labute approximate surface area is 93.8 Å². The van der Waals surface area contributed by atoms with Crippen molar-refractivity contribution in [1.82, 2.24) is 5.32 Å². The second-order valence-corrected chi connectivity index (χ2v) is 4.89. The molecule has 0 unspecified atom stereocenters. The van der Waals surface area contributed by atoms with Crippen LogP contribution in [0.1, 0.15) is 24.1 Å². The molecule has 1 fully saturated rings. The molecule has 0 aliphatic carbocycles. The zero-order valence-electron chi connectivity index (χ0n) is 8.05. The molecule has 1 nitrogen and oxygen atoms in total. The van der Waals surface area contributed by atoms with Gasteiger partial charge in [-0.15, -0.1) is 11.3 Å². The van der Waals surface area contributed by atoms with Gasteiger partial charge in [-0.2, -0.15) is 0 Å². The first-order chi connectivity index (χ1) is 6.86. The Bertz CT molecular complexity index is 320. The Hall–Kier alpha value is -0.310. The van der Waals surface area contributed by atoms with E-state index < -0.39 is 0 Å². The van der Waals surface area contributed by atoms with Crippen LogP contribution >= 0.6 is 22.9 Å². The Morgan fingerprint density at radius 3 is 3.07 bits per heavy atom. The Morgan fingerprint density at radius 1 is 1.36 bits per heavy atom. The van der Waals surface area contributed by atoms with Gasteiger partial charge < -0.3 is 5.32 Å². The molecule has 0 radical (unpaired) electrons. The lowest BCUT2D eigenvalue weighted by Gasteiger charge is -2.00. The maximum Gasteiger partial charge on any atom is 0.0586 e. The second-order valence-electron chi connectivity index (χ2n) is 3.54. The second kappa shape index (κ2) is 4.96. The number of halogens is 1. The zero-order valence-corrected chi connectivity index (χ0v) is 9.63. The van der Waals surface area contributed by atoms with E-state index in [0.717, 1.165) is 24.5 Å². The monoisotopic (exact) mass is 227 g/mol. The van der Waals surface area contributed by atoms with Crippen molar-refractivity contribution in [2.75, 3.05) is 13.1 Å².